The van der Waals surface area contributed by atoms with Gasteiger partial charge in [-0.05, 0) is 12.8 Å². The highest BCUT2D eigenvalue weighted by Gasteiger charge is 2.35. The highest BCUT2D eigenvalue weighted by molar-refractivity contribution is 7.13. The number of carboxylic acids is 1. The Labute approximate surface area is 116 Å². The Kier molecular flexibility index (Phi) is 3.70. The molecular weight excluding hydrogens is 264 g/mol. The standard InChI is InChI=1S/C13H18N2O3S/c16-12(17)7-9-8-19-13(14-9)15-5-6-18-11-4-2-1-3-10(11)15/h8,10-11H,1-7H2,(H,16,17). The lowest BCUT2D eigenvalue weighted by molar-refractivity contribution is -0.136. The van der Waals surface area contributed by atoms with Gasteiger partial charge in [-0.25, -0.2) is 4.98 Å². The number of carboxylic acid groups (broad SMARTS) is 1. The lowest BCUT2D eigenvalue weighted by Gasteiger charge is -2.43. The fourth-order valence-electron chi connectivity index (χ4n) is 3.00. The van der Waals surface area contributed by atoms with Gasteiger partial charge in [-0.1, -0.05) is 12.8 Å². The third-order valence-corrected chi connectivity index (χ3v) is 4.78. The average Bonchev–Trinajstić information content (AvgIpc) is 2.85. The van der Waals surface area contributed by atoms with Crippen LogP contribution >= 0.6 is 11.3 Å². The molecule has 19 heavy (non-hydrogen) atoms. The first-order valence-electron chi connectivity index (χ1n) is 6.78. The minimum absolute atomic E-state index is 0.00886. The molecule has 2 unspecified atom stereocenters. The molecule has 2 fully saturated rings. The number of ether oxygens (including phenoxy) is 1. The molecule has 3 rings (SSSR count). The number of thiazole rings is 1. The van der Waals surface area contributed by atoms with E-state index >= 15 is 0 Å². The molecule has 2 aliphatic rings. The van der Waals surface area contributed by atoms with Gasteiger partial charge in [0.25, 0.3) is 0 Å². The third kappa shape index (κ3) is 2.74. The second-order valence-corrected chi connectivity index (χ2v) is 5.98. The van der Waals surface area contributed by atoms with Crippen LogP contribution in [0.25, 0.3) is 0 Å². The van der Waals surface area contributed by atoms with Crippen molar-refractivity contribution in [3.63, 3.8) is 0 Å². The molecule has 2 atom stereocenters. The summed E-state index contributed by atoms with van der Waals surface area (Å²) < 4.78 is 5.85. The zero-order valence-corrected chi connectivity index (χ0v) is 11.6. The molecule has 1 aliphatic heterocycles. The van der Waals surface area contributed by atoms with Crippen molar-refractivity contribution in [2.45, 2.75) is 44.2 Å². The molecule has 1 aromatic rings. The summed E-state index contributed by atoms with van der Waals surface area (Å²) in [5.74, 6) is -0.825. The van der Waals surface area contributed by atoms with Gasteiger partial charge < -0.3 is 14.7 Å². The Morgan fingerprint density at radius 3 is 3.21 bits per heavy atom. The maximum atomic E-state index is 10.7. The van der Waals surface area contributed by atoms with Crippen LogP contribution in [-0.4, -0.2) is 41.4 Å². The van der Waals surface area contributed by atoms with E-state index in [-0.39, 0.29) is 6.42 Å². The number of hydrogen-bond acceptors (Lipinski definition) is 5. The average molecular weight is 282 g/mol. The summed E-state index contributed by atoms with van der Waals surface area (Å²) in [7, 11) is 0. The predicted molar refractivity (Wildman–Crippen MR) is 72.8 cm³/mol. The summed E-state index contributed by atoms with van der Waals surface area (Å²) >= 11 is 1.55. The maximum absolute atomic E-state index is 10.7. The van der Waals surface area contributed by atoms with Crippen LogP contribution in [0.1, 0.15) is 31.4 Å². The molecule has 0 radical (unpaired) electrons. The van der Waals surface area contributed by atoms with Crippen molar-refractivity contribution in [2.75, 3.05) is 18.1 Å². The molecule has 0 spiro atoms. The molecule has 1 saturated heterocycles. The molecule has 5 nitrogen and oxygen atoms in total. The van der Waals surface area contributed by atoms with Crippen LogP contribution in [0.5, 0.6) is 0 Å². The Morgan fingerprint density at radius 2 is 2.37 bits per heavy atom. The first kappa shape index (κ1) is 12.9. The summed E-state index contributed by atoms with van der Waals surface area (Å²) in [6, 6.07) is 0.423. The van der Waals surface area contributed by atoms with Gasteiger partial charge in [0, 0.05) is 11.9 Å². The van der Waals surface area contributed by atoms with Gasteiger partial charge in [0.05, 0.1) is 30.9 Å². The number of nitrogens with zero attached hydrogens (tertiary/aromatic N) is 2. The molecular formula is C13H18N2O3S. The first-order valence-corrected chi connectivity index (χ1v) is 7.66. The van der Waals surface area contributed by atoms with Crippen LogP contribution in [0, 0.1) is 0 Å². The topological polar surface area (TPSA) is 62.7 Å². The molecule has 1 aliphatic carbocycles. The van der Waals surface area contributed by atoms with E-state index in [0.717, 1.165) is 31.1 Å². The van der Waals surface area contributed by atoms with Gasteiger partial charge in [0.1, 0.15) is 0 Å². The van der Waals surface area contributed by atoms with E-state index in [9.17, 15) is 4.79 Å². The quantitative estimate of drug-likeness (QED) is 0.917. The van der Waals surface area contributed by atoms with Crippen molar-refractivity contribution < 1.29 is 14.6 Å². The van der Waals surface area contributed by atoms with Gasteiger partial charge in [-0.3, -0.25) is 4.79 Å². The number of aromatic nitrogens is 1. The molecule has 0 amide bonds. The fourth-order valence-corrected chi connectivity index (χ4v) is 3.91. The highest BCUT2D eigenvalue weighted by atomic mass is 32.1. The highest BCUT2D eigenvalue weighted by Crippen LogP contribution is 2.33. The molecule has 1 N–H and O–H groups in total. The van der Waals surface area contributed by atoms with Crippen molar-refractivity contribution in [2.24, 2.45) is 0 Å². The predicted octanol–water partition coefficient (Wildman–Crippen LogP) is 1.92. The number of hydrogen-bond donors (Lipinski definition) is 1. The van der Waals surface area contributed by atoms with Gasteiger partial charge in [0.15, 0.2) is 5.13 Å². The van der Waals surface area contributed by atoms with Gasteiger partial charge in [-0.15, -0.1) is 11.3 Å². The molecule has 6 heteroatoms. The number of morpholine rings is 1. The molecule has 2 heterocycles. The lowest BCUT2D eigenvalue weighted by atomic mass is 9.90. The summed E-state index contributed by atoms with van der Waals surface area (Å²) in [6.07, 6.45) is 5.11. The lowest BCUT2D eigenvalue weighted by Crippen LogP contribution is -2.52. The molecule has 0 aromatic carbocycles. The van der Waals surface area contributed by atoms with Crippen LogP contribution in [0.15, 0.2) is 5.38 Å². The molecule has 104 valence electrons. The minimum atomic E-state index is -0.825. The van der Waals surface area contributed by atoms with Gasteiger partial charge >= 0.3 is 5.97 Å². The summed E-state index contributed by atoms with van der Waals surface area (Å²) in [5, 5.41) is 11.6. The Morgan fingerprint density at radius 1 is 1.53 bits per heavy atom. The molecule has 1 saturated carbocycles. The zero-order chi connectivity index (χ0) is 13.2. The monoisotopic (exact) mass is 282 g/mol. The van der Waals surface area contributed by atoms with Crippen LogP contribution < -0.4 is 4.90 Å². The second kappa shape index (κ2) is 5.46. The molecule has 1 aromatic heterocycles. The van der Waals surface area contributed by atoms with E-state index in [4.69, 9.17) is 9.84 Å². The smallest absolute Gasteiger partial charge is 0.309 e. The Balaban J connectivity index is 1.76. The number of carbonyl (C=O) groups is 1. The summed E-state index contributed by atoms with van der Waals surface area (Å²) in [4.78, 5) is 17.5. The summed E-state index contributed by atoms with van der Waals surface area (Å²) in [6.45, 7) is 1.61. The van der Waals surface area contributed by atoms with Crippen LogP contribution in [0.3, 0.4) is 0 Å². The van der Waals surface area contributed by atoms with Crippen molar-refractivity contribution in [3.8, 4) is 0 Å². The number of fused-ring (bicyclic) bond motifs is 1. The third-order valence-electron chi connectivity index (χ3n) is 3.85. The molecule has 0 bridgehead atoms. The van der Waals surface area contributed by atoms with Crippen molar-refractivity contribution in [1.82, 2.24) is 4.98 Å². The van der Waals surface area contributed by atoms with Gasteiger partial charge in [0.2, 0.25) is 0 Å². The number of aliphatic carboxylic acids is 1. The first-order chi connectivity index (χ1) is 9.24. The van der Waals surface area contributed by atoms with Crippen LogP contribution in [0.4, 0.5) is 5.13 Å². The van der Waals surface area contributed by atoms with E-state index in [1.165, 1.54) is 12.8 Å². The van der Waals surface area contributed by atoms with E-state index in [2.05, 4.69) is 9.88 Å². The second-order valence-electron chi connectivity index (χ2n) is 5.15. The largest absolute Gasteiger partial charge is 0.481 e. The maximum Gasteiger partial charge on any atom is 0.309 e. The fraction of sp³-hybridized carbons (Fsp3) is 0.692. The van der Waals surface area contributed by atoms with Gasteiger partial charge in [-0.2, -0.15) is 0 Å². The van der Waals surface area contributed by atoms with Crippen molar-refractivity contribution >= 4 is 22.4 Å². The number of rotatable bonds is 3. The Hall–Kier alpha value is -1.14. The zero-order valence-electron chi connectivity index (χ0n) is 10.7. The van der Waals surface area contributed by atoms with E-state index < -0.39 is 5.97 Å². The Bertz CT molecular complexity index is 460. The minimum Gasteiger partial charge on any atom is -0.481 e. The van der Waals surface area contributed by atoms with E-state index in [1.807, 2.05) is 5.38 Å². The summed E-state index contributed by atoms with van der Waals surface area (Å²) in [5.41, 5.74) is 0.659. The van der Waals surface area contributed by atoms with E-state index in [0.29, 0.717) is 17.8 Å². The number of anilines is 1. The van der Waals surface area contributed by atoms with E-state index in [1.54, 1.807) is 11.3 Å². The SMILES string of the molecule is O=C(O)Cc1csc(N2CCOC3CCCCC32)n1. The van der Waals surface area contributed by atoms with Crippen LogP contribution in [-0.2, 0) is 16.0 Å². The van der Waals surface area contributed by atoms with Crippen molar-refractivity contribution in [1.29, 1.82) is 0 Å². The van der Waals surface area contributed by atoms with Crippen LogP contribution in [0.2, 0.25) is 0 Å². The van der Waals surface area contributed by atoms with Crippen molar-refractivity contribution in [3.05, 3.63) is 11.1 Å². The normalized spacial score (nSPS) is 27.1.